The molecular weight excluding hydrogens is 354 g/mol. The molecule has 2 N–H and O–H groups in total. The van der Waals surface area contributed by atoms with E-state index in [1.54, 1.807) is 7.05 Å². The minimum absolute atomic E-state index is 0.0604. The summed E-state index contributed by atoms with van der Waals surface area (Å²) >= 11 is 0. The monoisotopic (exact) mass is 385 g/mol. The zero-order valence-corrected chi connectivity index (χ0v) is 16.7. The molecule has 2 aliphatic heterocycles. The Morgan fingerprint density at radius 3 is 2.61 bits per heavy atom. The lowest BCUT2D eigenvalue weighted by Crippen LogP contribution is -2.54. The maximum Gasteiger partial charge on any atom is 0.317 e. The van der Waals surface area contributed by atoms with Gasteiger partial charge in [0.05, 0.1) is 0 Å². The van der Waals surface area contributed by atoms with Gasteiger partial charge in [0.15, 0.2) is 0 Å². The molecule has 0 aromatic heterocycles. The number of hydrogen-bond donors (Lipinski definition) is 2. The van der Waals surface area contributed by atoms with Crippen molar-refractivity contribution in [2.75, 3.05) is 20.1 Å². The first-order chi connectivity index (χ1) is 13.6. The summed E-state index contributed by atoms with van der Waals surface area (Å²) in [6, 6.07) is 8.48. The van der Waals surface area contributed by atoms with Crippen LogP contribution in [-0.4, -0.2) is 48.6 Å². The summed E-state index contributed by atoms with van der Waals surface area (Å²) in [7, 11) is 1.69. The molecule has 4 rings (SSSR count). The van der Waals surface area contributed by atoms with Crippen LogP contribution in [0.1, 0.15) is 62.8 Å². The van der Waals surface area contributed by atoms with Gasteiger partial charge in [-0.2, -0.15) is 0 Å². The van der Waals surface area contributed by atoms with Gasteiger partial charge >= 0.3 is 6.03 Å². The zero-order valence-electron chi connectivity index (χ0n) is 16.7. The number of nitrogens with one attached hydrogen (secondary N) is 2. The second-order valence-corrected chi connectivity index (χ2v) is 8.52. The number of urea groups is 1. The van der Waals surface area contributed by atoms with E-state index < -0.39 is 0 Å². The maximum absolute atomic E-state index is 12.6. The molecule has 0 bridgehead atoms. The molecule has 28 heavy (non-hydrogen) atoms. The quantitative estimate of drug-likeness (QED) is 0.840. The number of fused-ring (bicyclic) bond motifs is 1. The third kappa shape index (κ3) is 3.96. The van der Waals surface area contributed by atoms with Gasteiger partial charge in [0.1, 0.15) is 11.4 Å². The SMILES string of the molecule is CNC(=O)C[C@H]1CC2(CCN(C(=O)NC3CCCC3)CC2)Oc2ccccc21. The number of hydrogen-bond acceptors (Lipinski definition) is 3. The van der Waals surface area contributed by atoms with E-state index >= 15 is 0 Å². The van der Waals surface area contributed by atoms with E-state index in [1.165, 1.54) is 12.8 Å². The van der Waals surface area contributed by atoms with E-state index in [0.717, 1.165) is 43.4 Å². The average molecular weight is 386 g/mol. The summed E-state index contributed by atoms with van der Waals surface area (Å²) in [6.07, 6.45) is 7.56. The standard InChI is InChI=1S/C22H31N3O3/c1-23-20(26)14-16-15-22(28-19-9-5-4-8-18(16)19)10-12-25(13-11-22)21(27)24-17-6-2-3-7-17/h4-5,8-9,16-17H,2-3,6-7,10-15H2,1H3,(H,23,26)(H,24,27)/t16-/m0/s1. The first-order valence-corrected chi connectivity index (χ1v) is 10.6. The van der Waals surface area contributed by atoms with Gasteiger partial charge in [0.25, 0.3) is 0 Å². The number of nitrogens with zero attached hydrogens (tertiary/aromatic N) is 1. The van der Waals surface area contributed by atoms with Crippen LogP contribution in [0, 0.1) is 0 Å². The van der Waals surface area contributed by atoms with E-state index in [-0.39, 0.29) is 23.5 Å². The Kier molecular flexibility index (Phi) is 5.47. The number of carbonyl (C=O) groups is 2. The van der Waals surface area contributed by atoms with Gasteiger partial charge in [-0.25, -0.2) is 4.79 Å². The van der Waals surface area contributed by atoms with Crippen LogP contribution in [0.25, 0.3) is 0 Å². The Labute approximate surface area is 167 Å². The number of carbonyl (C=O) groups excluding carboxylic acids is 2. The smallest absolute Gasteiger partial charge is 0.317 e. The molecule has 0 radical (unpaired) electrons. The molecule has 152 valence electrons. The lowest BCUT2D eigenvalue weighted by Gasteiger charge is -2.47. The molecule has 1 aromatic rings. The fourth-order valence-corrected chi connectivity index (χ4v) is 5.01. The van der Waals surface area contributed by atoms with Crippen molar-refractivity contribution in [2.45, 2.75) is 68.9 Å². The van der Waals surface area contributed by atoms with Crippen molar-refractivity contribution in [1.29, 1.82) is 0 Å². The third-order valence-electron chi connectivity index (χ3n) is 6.66. The number of piperidine rings is 1. The topological polar surface area (TPSA) is 70.7 Å². The van der Waals surface area contributed by atoms with Crippen molar-refractivity contribution >= 4 is 11.9 Å². The molecule has 0 unspecified atom stereocenters. The van der Waals surface area contributed by atoms with Gasteiger partial charge in [-0.3, -0.25) is 4.79 Å². The molecule has 3 amide bonds. The molecule has 1 aromatic carbocycles. The Bertz CT molecular complexity index is 721. The van der Waals surface area contributed by atoms with Crippen molar-refractivity contribution in [3.8, 4) is 5.75 Å². The number of ether oxygens (including phenoxy) is 1. The highest BCUT2D eigenvalue weighted by atomic mass is 16.5. The second kappa shape index (κ2) is 8.02. The summed E-state index contributed by atoms with van der Waals surface area (Å²) in [6.45, 7) is 1.40. The van der Waals surface area contributed by atoms with Crippen LogP contribution in [0.15, 0.2) is 24.3 Å². The van der Waals surface area contributed by atoms with Crippen LogP contribution in [0.4, 0.5) is 4.79 Å². The molecule has 2 heterocycles. The predicted octanol–water partition coefficient (Wildman–Crippen LogP) is 3.18. The summed E-state index contributed by atoms with van der Waals surface area (Å²) in [5, 5.41) is 5.94. The van der Waals surface area contributed by atoms with Crippen LogP contribution in [0.5, 0.6) is 5.75 Å². The highest BCUT2D eigenvalue weighted by Gasteiger charge is 2.44. The maximum atomic E-state index is 12.6. The van der Waals surface area contributed by atoms with Crippen molar-refractivity contribution in [1.82, 2.24) is 15.5 Å². The Morgan fingerprint density at radius 1 is 1.18 bits per heavy atom. The van der Waals surface area contributed by atoms with E-state index in [2.05, 4.69) is 16.7 Å². The molecule has 1 atom stereocenters. The summed E-state index contributed by atoms with van der Waals surface area (Å²) in [5.74, 6) is 1.11. The second-order valence-electron chi connectivity index (χ2n) is 8.52. The van der Waals surface area contributed by atoms with Crippen LogP contribution in [0.3, 0.4) is 0 Å². The van der Waals surface area contributed by atoms with Crippen molar-refractivity contribution in [2.24, 2.45) is 0 Å². The molecule has 6 heteroatoms. The fraction of sp³-hybridized carbons (Fsp3) is 0.636. The largest absolute Gasteiger partial charge is 0.487 e. The van der Waals surface area contributed by atoms with Crippen LogP contribution < -0.4 is 15.4 Å². The van der Waals surface area contributed by atoms with E-state index in [1.807, 2.05) is 23.1 Å². The molecule has 6 nitrogen and oxygen atoms in total. The number of benzene rings is 1. The lowest BCUT2D eigenvalue weighted by atomic mass is 9.76. The molecule has 1 aliphatic carbocycles. The van der Waals surface area contributed by atoms with Crippen LogP contribution in [-0.2, 0) is 4.79 Å². The molecule has 1 saturated heterocycles. The Hall–Kier alpha value is -2.24. The Morgan fingerprint density at radius 2 is 1.89 bits per heavy atom. The zero-order chi connectivity index (χ0) is 19.6. The normalized spacial score (nSPS) is 23.8. The summed E-state index contributed by atoms with van der Waals surface area (Å²) in [4.78, 5) is 26.6. The van der Waals surface area contributed by atoms with E-state index in [0.29, 0.717) is 25.6 Å². The summed E-state index contributed by atoms with van der Waals surface area (Å²) < 4.78 is 6.48. The molecule has 1 saturated carbocycles. The number of likely N-dealkylation sites (tertiary alicyclic amines) is 1. The first-order valence-electron chi connectivity index (χ1n) is 10.6. The van der Waals surface area contributed by atoms with Crippen molar-refractivity contribution in [3.63, 3.8) is 0 Å². The predicted molar refractivity (Wildman–Crippen MR) is 107 cm³/mol. The lowest BCUT2D eigenvalue weighted by molar-refractivity contribution is -0.121. The highest BCUT2D eigenvalue weighted by molar-refractivity contribution is 5.77. The van der Waals surface area contributed by atoms with Crippen LogP contribution in [0.2, 0.25) is 0 Å². The number of rotatable bonds is 3. The minimum atomic E-state index is -0.281. The van der Waals surface area contributed by atoms with E-state index in [9.17, 15) is 9.59 Å². The molecule has 2 fully saturated rings. The summed E-state index contributed by atoms with van der Waals surface area (Å²) in [5.41, 5.74) is 0.843. The highest BCUT2D eigenvalue weighted by Crippen LogP contribution is 2.46. The fourth-order valence-electron chi connectivity index (χ4n) is 5.01. The van der Waals surface area contributed by atoms with Crippen molar-refractivity contribution in [3.05, 3.63) is 29.8 Å². The molecule has 1 spiro atoms. The number of para-hydroxylation sites is 1. The third-order valence-corrected chi connectivity index (χ3v) is 6.66. The van der Waals surface area contributed by atoms with Gasteiger partial charge in [-0.05, 0) is 30.9 Å². The van der Waals surface area contributed by atoms with E-state index in [4.69, 9.17) is 4.74 Å². The van der Waals surface area contributed by atoms with Crippen molar-refractivity contribution < 1.29 is 14.3 Å². The number of amides is 3. The van der Waals surface area contributed by atoms with Gasteiger partial charge in [0.2, 0.25) is 5.91 Å². The minimum Gasteiger partial charge on any atom is -0.487 e. The Balaban J connectivity index is 1.42. The van der Waals surface area contributed by atoms with Gasteiger partial charge in [-0.1, -0.05) is 31.0 Å². The van der Waals surface area contributed by atoms with Gasteiger partial charge < -0.3 is 20.3 Å². The molecular formula is C22H31N3O3. The van der Waals surface area contributed by atoms with Gasteiger partial charge in [0, 0.05) is 51.4 Å². The van der Waals surface area contributed by atoms with Crippen LogP contribution >= 0.6 is 0 Å². The average Bonchev–Trinajstić information content (AvgIpc) is 3.21. The molecule has 3 aliphatic rings. The van der Waals surface area contributed by atoms with Gasteiger partial charge in [-0.15, -0.1) is 0 Å². The first kappa shape index (κ1) is 19.1.